The maximum atomic E-state index is 12.0. The van der Waals surface area contributed by atoms with Gasteiger partial charge in [-0.1, -0.05) is 36.2 Å². The van der Waals surface area contributed by atoms with Crippen molar-refractivity contribution in [2.75, 3.05) is 13.1 Å². The second kappa shape index (κ2) is 5.53. The number of nitrogens with one attached hydrogen (secondary N) is 1. The van der Waals surface area contributed by atoms with Crippen molar-refractivity contribution >= 4 is 5.91 Å². The molecule has 0 aromatic heterocycles. The van der Waals surface area contributed by atoms with E-state index >= 15 is 0 Å². The molecule has 0 bridgehead atoms. The van der Waals surface area contributed by atoms with Crippen LogP contribution in [-0.2, 0) is 11.2 Å². The molecule has 0 saturated heterocycles. The quantitative estimate of drug-likeness (QED) is 0.832. The number of hydrogen-bond acceptors (Lipinski definition) is 2. The van der Waals surface area contributed by atoms with E-state index in [1.165, 1.54) is 11.1 Å². The molecular formula is C15H22N2O. The molecule has 1 aromatic rings. The number of amides is 1. The lowest BCUT2D eigenvalue weighted by Crippen LogP contribution is -2.50. The number of hydrogen-bond donors (Lipinski definition) is 2. The van der Waals surface area contributed by atoms with Gasteiger partial charge in [0.2, 0.25) is 5.91 Å². The van der Waals surface area contributed by atoms with Crippen LogP contribution in [0.2, 0.25) is 0 Å². The van der Waals surface area contributed by atoms with Gasteiger partial charge in [0.05, 0.1) is 5.41 Å². The van der Waals surface area contributed by atoms with Crippen molar-refractivity contribution in [2.24, 2.45) is 11.1 Å². The Bertz CT molecular complexity index is 401. The van der Waals surface area contributed by atoms with Crippen LogP contribution >= 0.6 is 0 Å². The van der Waals surface area contributed by atoms with Crippen molar-refractivity contribution in [3.8, 4) is 0 Å². The molecule has 3 heteroatoms. The molecule has 1 saturated carbocycles. The molecule has 1 aliphatic rings. The molecule has 1 aromatic carbocycles. The molecule has 0 aliphatic heterocycles. The summed E-state index contributed by atoms with van der Waals surface area (Å²) in [5, 5.41) is 3.02. The van der Waals surface area contributed by atoms with Gasteiger partial charge in [0.1, 0.15) is 0 Å². The Balaban J connectivity index is 1.78. The van der Waals surface area contributed by atoms with Gasteiger partial charge in [0, 0.05) is 13.1 Å². The highest BCUT2D eigenvalue weighted by Crippen LogP contribution is 2.39. The normalized spacial score (nSPS) is 17.0. The zero-order chi connectivity index (χ0) is 13.0. The Kier molecular flexibility index (Phi) is 4.02. The fourth-order valence-electron chi connectivity index (χ4n) is 2.39. The van der Waals surface area contributed by atoms with Crippen LogP contribution in [0, 0.1) is 12.3 Å². The highest BCUT2D eigenvalue weighted by molar-refractivity contribution is 5.83. The highest BCUT2D eigenvalue weighted by atomic mass is 16.2. The van der Waals surface area contributed by atoms with Gasteiger partial charge in [-0.15, -0.1) is 0 Å². The Morgan fingerprint density at radius 1 is 1.33 bits per heavy atom. The molecule has 0 heterocycles. The van der Waals surface area contributed by atoms with Crippen molar-refractivity contribution in [3.63, 3.8) is 0 Å². The fraction of sp³-hybridized carbons (Fsp3) is 0.533. The topological polar surface area (TPSA) is 55.1 Å². The van der Waals surface area contributed by atoms with Crippen LogP contribution in [0.15, 0.2) is 24.3 Å². The summed E-state index contributed by atoms with van der Waals surface area (Å²) in [6, 6.07) is 8.43. The molecule has 0 atom stereocenters. The first-order chi connectivity index (χ1) is 8.66. The standard InChI is InChI=1S/C15H22N2O/c1-12-3-5-13(6-4-12)7-10-17-14(18)15(11-16)8-2-9-15/h3-6H,2,7-11,16H2,1H3,(H,17,18). The molecule has 0 spiro atoms. The first kappa shape index (κ1) is 13.1. The SMILES string of the molecule is Cc1ccc(CCNC(=O)C2(CN)CCC2)cc1. The molecule has 0 unspecified atom stereocenters. The van der Waals surface area contributed by atoms with Crippen LogP contribution in [0.4, 0.5) is 0 Å². The van der Waals surface area contributed by atoms with E-state index in [4.69, 9.17) is 5.73 Å². The van der Waals surface area contributed by atoms with Crippen LogP contribution in [0.5, 0.6) is 0 Å². The average molecular weight is 246 g/mol. The maximum absolute atomic E-state index is 12.0. The van der Waals surface area contributed by atoms with E-state index in [-0.39, 0.29) is 11.3 Å². The van der Waals surface area contributed by atoms with Gasteiger partial charge in [-0.25, -0.2) is 0 Å². The second-order valence-corrected chi connectivity index (χ2v) is 5.33. The number of carbonyl (C=O) groups excluding carboxylic acids is 1. The smallest absolute Gasteiger partial charge is 0.227 e. The summed E-state index contributed by atoms with van der Waals surface area (Å²) in [6.45, 7) is 3.25. The molecule has 1 aliphatic carbocycles. The van der Waals surface area contributed by atoms with Gasteiger partial charge in [-0.05, 0) is 31.7 Å². The lowest BCUT2D eigenvalue weighted by atomic mass is 9.68. The first-order valence-corrected chi connectivity index (χ1v) is 6.70. The van der Waals surface area contributed by atoms with Gasteiger partial charge in [-0.3, -0.25) is 4.79 Å². The number of rotatable bonds is 5. The van der Waals surface area contributed by atoms with Gasteiger partial charge in [0.15, 0.2) is 0 Å². The van der Waals surface area contributed by atoms with Crippen molar-refractivity contribution in [2.45, 2.75) is 32.6 Å². The lowest BCUT2D eigenvalue weighted by Gasteiger charge is -2.39. The lowest BCUT2D eigenvalue weighted by molar-refractivity contribution is -0.135. The van der Waals surface area contributed by atoms with Crippen molar-refractivity contribution in [1.82, 2.24) is 5.32 Å². The van der Waals surface area contributed by atoms with Gasteiger partial charge < -0.3 is 11.1 Å². The molecule has 3 N–H and O–H groups in total. The third kappa shape index (κ3) is 2.72. The van der Waals surface area contributed by atoms with Crippen LogP contribution in [-0.4, -0.2) is 19.0 Å². The molecule has 0 radical (unpaired) electrons. The average Bonchev–Trinajstić information content (AvgIpc) is 2.31. The van der Waals surface area contributed by atoms with Crippen molar-refractivity contribution in [1.29, 1.82) is 0 Å². The third-order valence-electron chi connectivity index (χ3n) is 4.00. The fourth-order valence-corrected chi connectivity index (χ4v) is 2.39. The highest BCUT2D eigenvalue weighted by Gasteiger charge is 2.42. The minimum Gasteiger partial charge on any atom is -0.355 e. The number of carbonyl (C=O) groups is 1. The summed E-state index contributed by atoms with van der Waals surface area (Å²) in [4.78, 5) is 12.0. The maximum Gasteiger partial charge on any atom is 0.227 e. The van der Waals surface area contributed by atoms with E-state index < -0.39 is 0 Å². The molecule has 2 rings (SSSR count). The molecule has 98 valence electrons. The zero-order valence-electron chi connectivity index (χ0n) is 11.0. The zero-order valence-corrected chi connectivity index (χ0v) is 11.0. The van der Waals surface area contributed by atoms with Crippen LogP contribution in [0.25, 0.3) is 0 Å². The van der Waals surface area contributed by atoms with E-state index in [2.05, 4.69) is 36.5 Å². The number of aryl methyl sites for hydroxylation is 1. The largest absolute Gasteiger partial charge is 0.355 e. The van der Waals surface area contributed by atoms with Crippen LogP contribution in [0.1, 0.15) is 30.4 Å². The van der Waals surface area contributed by atoms with Gasteiger partial charge in [-0.2, -0.15) is 0 Å². The van der Waals surface area contributed by atoms with E-state index in [0.717, 1.165) is 25.7 Å². The Morgan fingerprint density at radius 3 is 2.50 bits per heavy atom. The Morgan fingerprint density at radius 2 is 2.00 bits per heavy atom. The Labute approximate surface area is 109 Å². The molecule has 18 heavy (non-hydrogen) atoms. The predicted molar refractivity (Wildman–Crippen MR) is 73.2 cm³/mol. The third-order valence-corrected chi connectivity index (χ3v) is 4.00. The molecule has 1 fully saturated rings. The first-order valence-electron chi connectivity index (χ1n) is 6.70. The monoisotopic (exact) mass is 246 g/mol. The molecular weight excluding hydrogens is 224 g/mol. The molecule has 1 amide bonds. The van der Waals surface area contributed by atoms with Gasteiger partial charge >= 0.3 is 0 Å². The Hall–Kier alpha value is -1.35. The predicted octanol–water partition coefficient (Wildman–Crippen LogP) is 1.78. The molecule has 3 nitrogen and oxygen atoms in total. The van der Waals surface area contributed by atoms with Crippen molar-refractivity contribution in [3.05, 3.63) is 35.4 Å². The van der Waals surface area contributed by atoms with E-state index in [1.807, 2.05) is 0 Å². The second-order valence-electron chi connectivity index (χ2n) is 5.33. The minimum atomic E-state index is -0.257. The van der Waals surface area contributed by atoms with E-state index in [1.54, 1.807) is 0 Å². The van der Waals surface area contributed by atoms with Crippen molar-refractivity contribution < 1.29 is 4.79 Å². The van der Waals surface area contributed by atoms with E-state index in [0.29, 0.717) is 13.1 Å². The van der Waals surface area contributed by atoms with Crippen LogP contribution < -0.4 is 11.1 Å². The van der Waals surface area contributed by atoms with Gasteiger partial charge in [0.25, 0.3) is 0 Å². The van der Waals surface area contributed by atoms with Crippen LogP contribution in [0.3, 0.4) is 0 Å². The number of nitrogens with two attached hydrogens (primary N) is 1. The summed E-state index contributed by atoms with van der Waals surface area (Å²) in [5.74, 6) is 0.142. The van der Waals surface area contributed by atoms with E-state index in [9.17, 15) is 4.79 Å². The minimum absolute atomic E-state index is 0.142. The summed E-state index contributed by atoms with van der Waals surface area (Å²) >= 11 is 0. The summed E-state index contributed by atoms with van der Waals surface area (Å²) in [6.07, 6.45) is 3.90. The summed E-state index contributed by atoms with van der Waals surface area (Å²) in [7, 11) is 0. The summed E-state index contributed by atoms with van der Waals surface area (Å²) < 4.78 is 0. The summed E-state index contributed by atoms with van der Waals surface area (Å²) in [5.41, 5.74) is 7.98. The number of benzene rings is 1.